The van der Waals surface area contributed by atoms with E-state index < -0.39 is 0 Å². The predicted octanol–water partition coefficient (Wildman–Crippen LogP) is 4.31. The lowest BCUT2D eigenvalue weighted by Gasteiger charge is -2.13. The van der Waals surface area contributed by atoms with Crippen molar-refractivity contribution in [2.24, 2.45) is 7.05 Å². The van der Waals surface area contributed by atoms with Crippen LogP contribution in [0, 0.1) is 6.92 Å². The van der Waals surface area contributed by atoms with E-state index in [-0.39, 0.29) is 0 Å². The third-order valence-corrected chi connectivity index (χ3v) is 5.26. The summed E-state index contributed by atoms with van der Waals surface area (Å²) in [5, 5.41) is 7.50. The Morgan fingerprint density at radius 3 is 2.33 bits per heavy atom. The number of rotatable bonds is 5. The molecule has 4 nitrogen and oxygen atoms in total. The van der Waals surface area contributed by atoms with Crippen LogP contribution in [0.1, 0.15) is 17.0 Å². The summed E-state index contributed by atoms with van der Waals surface area (Å²) in [5.41, 5.74) is 3.14. The lowest BCUT2D eigenvalue weighted by Crippen LogP contribution is -2.07. The van der Waals surface area contributed by atoms with E-state index in [1.54, 1.807) is 0 Å². The highest BCUT2D eigenvalue weighted by Crippen LogP contribution is 2.35. The first kappa shape index (κ1) is 17.0. The fourth-order valence-electron chi connectivity index (χ4n) is 2.03. The van der Waals surface area contributed by atoms with Crippen molar-refractivity contribution in [3.63, 3.8) is 0 Å². The minimum Gasteiger partial charge on any atom is -0.485 e. The van der Waals surface area contributed by atoms with Crippen LogP contribution in [0.4, 0.5) is 0 Å². The molecule has 0 spiro atoms. The van der Waals surface area contributed by atoms with Gasteiger partial charge in [0.15, 0.2) is 0 Å². The van der Waals surface area contributed by atoms with Crippen LogP contribution < -0.4 is 10.1 Å². The molecule has 0 aliphatic heterocycles. The molecule has 0 aliphatic carbocycles. The maximum atomic E-state index is 5.96. The van der Waals surface area contributed by atoms with Gasteiger partial charge in [-0.3, -0.25) is 4.68 Å². The summed E-state index contributed by atoms with van der Waals surface area (Å²) in [4.78, 5) is 0. The zero-order chi connectivity index (χ0) is 15.6. The van der Waals surface area contributed by atoms with Crippen LogP contribution >= 0.6 is 47.8 Å². The van der Waals surface area contributed by atoms with Gasteiger partial charge in [0.05, 0.1) is 24.8 Å². The molecule has 2 rings (SSSR count). The van der Waals surface area contributed by atoms with Crippen molar-refractivity contribution >= 4 is 47.8 Å². The van der Waals surface area contributed by atoms with Gasteiger partial charge in [0.1, 0.15) is 12.4 Å². The maximum absolute atomic E-state index is 5.96. The molecular formula is C14H16Br3N3O. The molecule has 114 valence electrons. The molecule has 0 saturated heterocycles. The average molecular weight is 482 g/mol. The fourth-order valence-corrected chi connectivity index (χ4v) is 3.99. The molecule has 0 aliphatic rings. The second kappa shape index (κ2) is 7.26. The quantitative estimate of drug-likeness (QED) is 0.691. The molecule has 2 aromatic rings. The zero-order valence-corrected chi connectivity index (χ0v) is 16.8. The van der Waals surface area contributed by atoms with Gasteiger partial charge in [-0.15, -0.1) is 0 Å². The normalized spacial score (nSPS) is 11.0. The van der Waals surface area contributed by atoms with Crippen LogP contribution in [-0.4, -0.2) is 16.8 Å². The Hall–Kier alpha value is -0.370. The largest absolute Gasteiger partial charge is 0.485 e. The van der Waals surface area contributed by atoms with Gasteiger partial charge in [0.2, 0.25) is 0 Å². The molecule has 21 heavy (non-hydrogen) atoms. The van der Waals surface area contributed by atoms with Gasteiger partial charge in [-0.05, 0) is 79.5 Å². The average Bonchev–Trinajstić information content (AvgIpc) is 2.64. The molecule has 0 fully saturated rings. The third kappa shape index (κ3) is 3.88. The van der Waals surface area contributed by atoms with Crippen LogP contribution in [0.15, 0.2) is 25.6 Å². The molecule has 0 saturated carbocycles. The monoisotopic (exact) mass is 479 g/mol. The molecule has 0 radical (unpaired) electrons. The van der Waals surface area contributed by atoms with E-state index in [0.29, 0.717) is 6.61 Å². The Balaban J connectivity index is 2.20. The molecule has 0 atom stereocenters. The summed E-state index contributed by atoms with van der Waals surface area (Å²) >= 11 is 10.7. The predicted molar refractivity (Wildman–Crippen MR) is 94.6 cm³/mol. The first-order valence-electron chi connectivity index (χ1n) is 6.37. The topological polar surface area (TPSA) is 39.1 Å². The molecule has 1 heterocycles. The van der Waals surface area contributed by atoms with E-state index in [1.807, 2.05) is 25.7 Å². The molecular weight excluding hydrogens is 466 g/mol. The molecule has 1 N–H and O–H groups in total. The Labute approximate surface area is 149 Å². The van der Waals surface area contributed by atoms with Gasteiger partial charge in [0.25, 0.3) is 0 Å². The number of hydrogen-bond acceptors (Lipinski definition) is 3. The van der Waals surface area contributed by atoms with Gasteiger partial charge >= 0.3 is 0 Å². The number of halogens is 3. The summed E-state index contributed by atoms with van der Waals surface area (Å²) in [7, 11) is 3.84. The molecule has 0 unspecified atom stereocenters. The smallest absolute Gasteiger partial charge is 0.148 e. The fraction of sp³-hybridized carbons (Fsp3) is 0.357. The Morgan fingerprint density at radius 2 is 1.86 bits per heavy atom. The number of nitrogens with one attached hydrogen (secondary N) is 1. The Morgan fingerprint density at radius 1 is 1.24 bits per heavy atom. The highest BCUT2D eigenvalue weighted by atomic mass is 79.9. The molecule has 0 bridgehead atoms. The van der Waals surface area contributed by atoms with Crippen molar-refractivity contribution in [2.75, 3.05) is 7.05 Å². The van der Waals surface area contributed by atoms with Gasteiger partial charge in [-0.2, -0.15) is 5.10 Å². The van der Waals surface area contributed by atoms with Crippen LogP contribution in [0.2, 0.25) is 0 Å². The number of aryl methyl sites for hydroxylation is 2. The first-order valence-corrected chi connectivity index (χ1v) is 8.75. The number of hydrogen-bond donors (Lipinski definition) is 1. The van der Waals surface area contributed by atoms with Crippen molar-refractivity contribution in [1.82, 2.24) is 15.1 Å². The minimum atomic E-state index is 0.445. The van der Waals surface area contributed by atoms with Crippen molar-refractivity contribution in [1.29, 1.82) is 0 Å². The van der Waals surface area contributed by atoms with E-state index >= 15 is 0 Å². The number of aromatic nitrogens is 2. The Bertz CT molecular complexity index is 632. The van der Waals surface area contributed by atoms with E-state index in [4.69, 9.17) is 4.74 Å². The van der Waals surface area contributed by atoms with Crippen LogP contribution in [0.5, 0.6) is 5.75 Å². The third-order valence-electron chi connectivity index (χ3n) is 3.05. The molecule has 1 aromatic carbocycles. The van der Waals surface area contributed by atoms with Crippen LogP contribution in [-0.2, 0) is 20.2 Å². The van der Waals surface area contributed by atoms with Crippen LogP contribution in [0.3, 0.4) is 0 Å². The number of ether oxygens (including phenoxy) is 1. The van der Waals surface area contributed by atoms with E-state index in [2.05, 4.69) is 70.3 Å². The molecule has 7 heteroatoms. The minimum absolute atomic E-state index is 0.445. The lowest BCUT2D eigenvalue weighted by atomic mass is 10.2. The van der Waals surface area contributed by atoms with Crippen molar-refractivity contribution in [3.8, 4) is 5.75 Å². The van der Waals surface area contributed by atoms with Crippen molar-refractivity contribution < 1.29 is 4.74 Å². The van der Waals surface area contributed by atoms with Crippen molar-refractivity contribution in [3.05, 3.63) is 42.5 Å². The summed E-state index contributed by atoms with van der Waals surface area (Å²) in [5.74, 6) is 0.792. The molecule has 0 amide bonds. The van der Waals surface area contributed by atoms with E-state index in [1.165, 1.54) is 5.56 Å². The van der Waals surface area contributed by atoms with Crippen molar-refractivity contribution in [2.45, 2.75) is 20.1 Å². The summed E-state index contributed by atoms with van der Waals surface area (Å²) in [6.07, 6.45) is 0. The standard InChI is InChI=1S/C14H16Br3N3O/c1-8-13(17)12(20(3)19-8)7-21-14-10(15)4-9(6-18-2)5-11(14)16/h4-5,18H,6-7H2,1-3H3. The molecule has 1 aromatic heterocycles. The SMILES string of the molecule is CNCc1cc(Br)c(OCc2c(Br)c(C)nn2C)c(Br)c1. The highest BCUT2D eigenvalue weighted by molar-refractivity contribution is 9.11. The highest BCUT2D eigenvalue weighted by Gasteiger charge is 2.14. The second-order valence-corrected chi connectivity index (χ2v) is 7.18. The van der Waals surface area contributed by atoms with Gasteiger partial charge in [-0.1, -0.05) is 0 Å². The lowest BCUT2D eigenvalue weighted by molar-refractivity contribution is 0.290. The second-order valence-electron chi connectivity index (χ2n) is 4.68. The number of nitrogens with zero attached hydrogens (tertiary/aromatic N) is 2. The number of benzene rings is 1. The van der Waals surface area contributed by atoms with E-state index in [0.717, 1.165) is 37.1 Å². The maximum Gasteiger partial charge on any atom is 0.148 e. The summed E-state index contributed by atoms with van der Waals surface area (Å²) in [6, 6.07) is 4.11. The van der Waals surface area contributed by atoms with E-state index in [9.17, 15) is 0 Å². The zero-order valence-electron chi connectivity index (χ0n) is 12.0. The Kier molecular flexibility index (Phi) is 5.88. The van der Waals surface area contributed by atoms with Gasteiger partial charge in [-0.25, -0.2) is 0 Å². The summed E-state index contributed by atoms with van der Waals surface area (Å²) < 4.78 is 10.6. The summed E-state index contributed by atoms with van der Waals surface area (Å²) in [6.45, 7) is 3.22. The van der Waals surface area contributed by atoms with Gasteiger partial charge < -0.3 is 10.1 Å². The van der Waals surface area contributed by atoms with Crippen LogP contribution in [0.25, 0.3) is 0 Å². The first-order chi connectivity index (χ1) is 9.93. The van der Waals surface area contributed by atoms with Gasteiger partial charge in [0, 0.05) is 13.6 Å².